The van der Waals surface area contributed by atoms with Crippen molar-refractivity contribution < 1.29 is 24.5 Å². The van der Waals surface area contributed by atoms with E-state index in [1.54, 1.807) is 6.92 Å². The van der Waals surface area contributed by atoms with Gasteiger partial charge in [0.25, 0.3) is 0 Å². The van der Waals surface area contributed by atoms with Gasteiger partial charge >= 0.3 is 11.9 Å². The summed E-state index contributed by atoms with van der Waals surface area (Å²) in [5.74, 6) is -2.43. The average Bonchev–Trinajstić information content (AvgIpc) is 2.25. The van der Waals surface area contributed by atoms with Crippen molar-refractivity contribution in [1.82, 2.24) is 4.90 Å². The van der Waals surface area contributed by atoms with Gasteiger partial charge in [0.15, 0.2) is 0 Å². The van der Waals surface area contributed by atoms with E-state index >= 15 is 0 Å². The molecular weight excluding hydrogens is 214 g/mol. The summed E-state index contributed by atoms with van der Waals surface area (Å²) in [5, 5.41) is 17.5. The number of rotatable bonds is 4. The summed E-state index contributed by atoms with van der Waals surface area (Å²) in [6.07, 6.45) is 0.752. The van der Waals surface area contributed by atoms with E-state index in [-0.39, 0.29) is 5.57 Å². The van der Waals surface area contributed by atoms with Crippen LogP contribution in [0.25, 0.3) is 0 Å². The Balaban J connectivity index is 2.77. The fourth-order valence-electron chi connectivity index (χ4n) is 1.66. The molecule has 1 heterocycles. The van der Waals surface area contributed by atoms with Gasteiger partial charge in [-0.25, -0.2) is 9.59 Å². The zero-order valence-electron chi connectivity index (χ0n) is 9.05. The van der Waals surface area contributed by atoms with E-state index in [2.05, 4.69) is 0 Å². The Kier molecular flexibility index (Phi) is 4.45. The molecule has 1 aliphatic rings. The molecule has 1 fully saturated rings. The minimum absolute atomic E-state index is 0.102. The Labute approximate surface area is 93.1 Å². The summed E-state index contributed by atoms with van der Waals surface area (Å²) in [7, 11) is 0. The van der Waals surface area contributed by atoms with Crippen LogP contribution in [0.3, 0.4) is 0 Å². The Morgan fingerprint density at radius 3 is 2.31 bits per heavy atom. The molecule has 1 unspecified atom stereocenters. The zero-order valence-corrected chi connectivity index (χ0v) is 9.05. The number of nitrogens with zero attached hydrogens (tertiary/aromatic N) is 1. The van der Waals surface area contributed by atoms with Crippen molar-refractivity contribution in [3.05, 3.63) is 11.6 Å². The lowest BCUT2D eigenvalue weighted by Crippen LogP contribution is -2.44. The van der Waals surface area contributed by atoms with Gasteiger partial charge in [0.2, 0.25) is 0 Å². The van der Waals surface area contributed by atoms with E-state index in [0.717, 1.165) is 6.08 Å². The first-order chi connectivity index (χ1) is 7.52. The van der Waals surface area contributed by atoms with E-state index in [1.807, 2.05) is 4.90 Å². The quantitative estimate of drug-likeness (QED) is 0.649. The van der Waals surface area contributed by atoms with Crippen LogP contribution in [0.2, 0.25) is 0 Å². The molecule has 0 aromatic carbocycles. The largest absolute Gasteiger partial charge is 0.478 e. The van der Waals surface area contributed by atoms with Gasteiger partial charge in [-0.2, -0.15) is 0 Å². The molecule has 0 aromatic heterocycles. The number of ether oxygens (including phenoxy) is 1. The second-order valence-corrected chi connectivity index (χ2v) is 3.57. The van der Waals surface area contributed by atoms with Gasteiger partial charge in [0.1, 0.15) is 0 Å². The Morgan fingerprint density at radius 1 is 1.31 bits per heavy atom. The molecule has 0 amide bonds. The Morgan fingerprint density at radius 2 is 1.88 bits per heavy atom. The van der Waals surface area contributed by atoms with Gasteiger partial charge in [-0.3, -0.25) is 4.90 Å². The minimum Gasteiger partial charge on any atom is -0.478 e. The smallest absolute Gasteiger partial charge is 0.333 e. The van der Waals surface area contributed by atoms with Crippen LogP contribution in [0.5, 0.6) is 0 Å². The maximum Gasteiger partial charge on any atom is 0.333 e. The predicted octanol–water partition coefficient (Wildman–Crippen LogP) is -0.197. The molecular formula is C10H15NO5. The number of carboxylic acids is 2. The van der Waals surface area contributed by atoms with Gasteiger partial charge in [-0.15, -0.1) is 0 Å². The molecule has 6 nitrogen and oxygen atoms in total. The van der Waals surface area contributed by atoms with Crippen LogP contribution < -0.4 is 0 Å². The summed E-state index contributed by atoms with van der Waals surface area (Å²) in [6.45, 7) is 4.01. The van der Waals surface area contributed by atoms with Gasteiger partial charge in [-0.1, -0.05) is 0 Å². The number of carbonyl (C=O) groups is 2. The number of aliphatic carboxylic acids is 2. The number of hydrogen-bond acceptors (Lipinski definition) is 4. The first-order valence-electron chi connectivity index (χ1n) is 5.02. The zero-order chi connectivity index (χ0) is 12.1. The van der Waals surface area contributed by atoms with Crippen LogP contribution in [0.1, 0.15) is 6.92 Å². The summed E-state index contributed by atoms with van der Waals surface area (Å²) in [5.41, 5.74) is -0.102. The molecule has 16 heavy (non-hydrogen) atoms. The highest BCUT2D eigenvalue weighted by molar-refractivity contribution is 5.95. The molecule has 1 saturated heterocycles. The Hall–Kier alpha value is -1.40. The van der Waals surface area contributed by atoms with Crippen molar-refractivity contribution >= 4 is 11.9 Å². The fraction of sp³-hybridized carbons (Fsp3) is 0.600. The SMILES string of the molecule is CC(C(=CC(=O)O)C(=O)O)N1CCOCC1. The lowest BCUT2D eigenvalue weighted by atomic mass is 10.1. The van der Waals surface area contributed by atoms with Crippen LogP contribution in [-0.2, 0) is 14.3 Å². The maximum atomic E-state index is 10.9. The fourth-order valence-corrected chi connectivity index (χ4v) is 1.66. The molecule has 90 valence electrons. The maximum absolute atomic E-state index is 10.9. The van der Waals surface area contributed by atoms with E-state index in [9.17, 15) is 9.59 Å². The summed E-state index contributed by atoms with van der Waals surface area (Å²) < 4.78 is 5.15. The van der Waals surface area contributed by atoms with Crippen molar-refractivity contribution in [2.24, 2.45) is 0 Å². The lowest BCUT2D eigenvalue weighted by molar-refractivity contribution is -0.135. The molecule has 2 N–H and O–H groups in total. The average molecular weight is 229 g/mol. The number of carboxylic acid groups (broad SMARTS) is 2. The van der Waals surface area contributed by atoms with Crippen LogP contribution in [0.4, 0.5) is 0 Å². The van der Waals surface area contributed by atoms with E-state index in [4.69, 9.17) is 14.9 Å². The molecule has 6 heteroatoms. The molecule has 0 radical (unpaired) electrons. The van der Waals surface area contributed by atoms with Gasteiger partial charge in [-0.05, 0) is 6.92 Å². The van der Waals surface area contributed by atoms with Crippen molar-refractivity contribution in [1.29, 1.82) is 0 Å². The first-order valence-corrected chi connectivity index (χ1v) is 5.02. The third-order valence-electron chi connectivity index (χ3n) is 2.57. The van der Waals surface area contributed by atoms with E-state index in [1.165, 1.54) is 0 Å². The standard InChI is InChI=1S/C10H15NO5/c1-7(11-2-4-16-5-3-11)8(10(14)15)6-9(12)13/h6-7H,2-5H2,1H3,(H,12,13)(H,14,15). The van der Waals surface area contributed by atoms with Crippen molar-refractivity contribution in [2.75, 3.05) is 26.3 Å². The highest BCUT2D eigenvalue weighted by Gasteiger charge is 2.25. The summed E-state index contributed by atoms with van der Waals surface area (Å²) in [6, 6.07) is -0.419. The number of morpholine rings is 1. The van der Waals surface area contributed by atoms with Crippen molar-refractivity contribution in [2.45, 2.75) is 13.0 Å². The van der Waals surface area contributed by atoms with Crippen LogP contribution in [0, 0.1) is 0 Å². The van der Waals surface area contributed by atoms with E-state index in [0.29, 0.717) is 26.3 Å². The molecule has 0 aliphatic carbocycles. The second kappa shape index (κ2) is 5.62. The van der Waals surface area contributed by atoms with Crippen LogP contribution in [0.15, 0.2) is 11.6 Å². The van der Waals surface area contributed by atoms with Crippen molar-refractivity contribution in [3.63, 3.8) is 0 Å². The highest BCUT2D eigenvalue weighted by atomic mass is 16.5. The van der Waals surface area contributed by atoms with Crippen LogP contribution in [-0.4, -0.2) is 59.4 Å². The lowest BCUT2D eigenvalue weighted by Gasteiger charge is -2.32. The molecule has 1 aliphatic heterocycles. The normalized spacial score (nSPS) is 20.4. The van der Waals surface area contributed by atoms with Gasteiger partial charge in [0, 0.05) is 25.2 Å². The summed E-state index contributed by atoms with van der Waals surface area (Å²) >= 11 is 0. The highest BCUT2D eigenvalue weighted by Crippen LogP contribution is 2.12. The summed E-state index contributed by atoms with van der Waals surface area (Å²) in [4.78, 5) is 23.3. The molecule has 1 atom stereocenters. The monoisotopic (exact) mass is 229 g/mol. The van der Waals surface area contributed by atoms with Gasteiger partial charge < -0.3 is 14.9 Å². The third-order valence-corrected chi connectivity index (χ3v) is 2.57. The second-order valence-electron chi connectivity index (χ2n) is 3.57. The molecule has 1 rings (SSSR count). The molecule has 0 aromatic rings. The molecule has 0 spiro atoms. The van der Waals surface area contributed by atoms with Gasteiger partial charge in [0.05, 0.1) is 18.8 Å². The van der Waals surface area contributed by atoms with E-state index < -0.39 is 18.0 Å². The minimum atomic E-state index is -1.24. The predicted molar refractivity (Wildman–Crippen MR) is 55.2 cm³/mol. The number of hydrogen-bond donors (Lipinski definition) is 2. The van der Waals surface area contributed by atoms with Crippen LogP contribution >= 0.6 is 0 Å². The van der Waals surface area contributed by atoms with Crippen molar-refractivity contribution in [3.8, 4) is 0 Å². The first kappa shape index (κ1) is 12.7. The molecule has 0 bridgehead atoms. The molecule has 0 saturated carbocycles. The third kappa shape index (κ3) is 3.32. The Bertz CT molecular complexity index is 306. The topological polar surface area (TPSA) is 87.1 Å².